The fraction of sp³-hybridized carbons (Fsp3) is 0.500. The average Bonchev–Trinajstić information content (AvgIpc) is 2.89. The van der Waals surface area contributed by atoms with Crippen LogP contribution in [0, 0.1) is 15.9 Å². The summed E-state index contributed by atoms with van der Waals surface area (Å²) in [7, 11) is 0. The molecule has 2 atom stereocenters. The van der Waals surface area contributed by atoms with Crippen LogP contribution >= 0.6 is 0 Å². The van der Waals surface area contributed by atoms with E-state index in [0.717, 1.165) is 18.2 Å². The third-order valence-corrected chi connectivity index (χ3v) is 3.38. The molecule has 3 rings (SSSR count). The van der Waals surface area contributed by atoms with E-state index in [1.807, 2.05) is 0 Å². The summed E-state index contributed by atoms with van der Waals surface area (Å²) in [5.74, 6) is -0.610. The molecule has 1 aromatic rings. The first-order valence-electron chi connectivity index (χ1n) is 5.97. The van der Waals surface area contributed by atoms with Crippen LogP contribution < -0.4 is 4.74 Å². The lowest BCUT2D eigenvalue weighted by atomic mass is 10.2. The second-order valence-electron chi connectivity index (χ2n) is 4.61. The van der Waals surface area contributed by atoms with Gasteiger partial charge >= 0.3 is 5.69 Å². The molecule has 0 bridgehead atoms. The van der Waals surface area contributed by atoms with Crippen molar-refractivity contribution in [3.05, 3.63) is 34.1 Å². The van der Waals surface area contributed by atoms with E-state index in [9.17, 15) is 14.5 Å². The molecule has 0 radical (unpaired) electrons. The van der Waals surface area contributed by atoms with Crippen LogP contribution in [-0.2, 0) is 9.47 Å². The summed E-state index contributed by atoms with van der Waals surface area (Å²) < 4.78 is 29.4. The molecule has 2 fully saturated rings. The highest BCUT2D eigenvalue weighted by Gasteiger charge is 2.41. The summed E-state index contributed by atoms with van der Waals surface area (Å²) in [6.07, 6.45) is 0.877. The maximum Gasteiger partial charge on any atom is 0.311 e. The number of nitro groups is 1. The molecule has 1 aliphatic carbocycles. The zero-order valence-electron chi connectivity index (χ0n) is 9.95. The summed E-state index contributed by atoms with van der Waals surface area (Å²) >= 11 is 0. The highest BCUT2D eigenvalue weighted by molar-refractivity contribution is 5.46. The lowest BCUT2D eigenvalue weighted by Crippen LogP contribution is -2.15. The number of halogens is 1. The van der Waals surface area contributed by atoms with E-state index in [-0.39, 0.29) is 36.5 Å². The van der Waals surface area contributed by atoms with Gasteiger partial charge in [-0.2, -0.15) is 0 Å². The second-order valence-corrected chi connectivity index (χ2v) is 4.61. The van der Waals surface area contributed by atoms with E-state index in [4.69, 9.17) is 14.2 Å². The number of hydrogen-bond acceptors (Lipinski definition) is 5. The van der Waals surface area contributed by atoms with Gasteiger partial charge in [0.05, 0.1) is 17.1 Å². The van der Waals surface area contributed by atoms with Crippen molar-refractivity contribution in [2.24, 2.45) is 0 Å². The minimum Gasteiger partial charge on any atom is -0.483 e. The molecule has 1 saturated heterocycles. The summed E-state index contributed by atoms with van der Waals surface area (Å²) in [5, 5.41) is 10.9. The normalized spacial score (nSPS) is 29.2. The van der Waals surface area contributed by atoms with Crippen LogP contribution in [0.3, 0.4) is 0 Å². The molecule has 0 spiro atoms. The van der Waals surface area contributed by atoms with Gasteiger partial charge < -0.3 is 14.2 Å². The zero-order valence-corrected chi connectivity index (χ0v) is 9.95. The fourth-order valence-corrected chi connectivity index (χ4v) is 2.49. The molecule has 0 N–H and O–H groups in total. The maximum atomic E-state index is 13.2. The van der Waals surface area contributed by atoms with Gasteiger partial charge in [-0.15, -0.1) is 0 Å². The van der Waals surface area contributed by atoms with Crippen LogP contribution in [0.15, 0.2) is 18.2 Å². The smallest absolute Gasteiger partial charge is 0.311 e. The van der Waals surface area contributed by atoms with Gasteiger partial charge in [-0.1, -0.05) is 0 Å². The highest BCUT2D eigenvalue weighted by atomic mass is 19.1. The molecule has 7 heteroatoms. The van der Waals surface area contributed by atoms with Gasteiger partial charge in [0.1, 0.15) is 18.7 Å². The Morgan fingerprint density at radius 1 is 1.32 bits per heavy atom. The van der Waals surface area contributed by atoms with Crippen LogP contribution in [0.5, 0.6) is 5.75 Å². The van der Waals surface area contributed by atoms with Gasteiger partial charge in [0.2, 0.25) is 0 Å². The van der Waals surface area contributed by atoms with E-state index in [1.54, 1.807) is 0 Å². The van der Waals surface area contributed by atoms with Crippen molar-refractivity contribution in [2.75, 3.05) is 6.79 Å². The molecule has 19 heavy (non-hydrogen) atoms. The SMILES string of the molecule is O=[N+]([O-])c1ccc(F)cc1OC1CC2OCOC2C1. The molecule has 2 aliphatic rings. The van der Waals surface area contributed by atoms with Crippen LogP contribution in [-0.4, -0.2) is 30.0 Å². The van der Waals surface area contributed by atoms with E-state index in [1.165, 1.54) is 0 Å². The number of nitrogens with zero attached hydrogens (tertiary/aromatic N) is 1. The van der Waals surface area contributed by atoms with E-state index in [2.05, 4.69) is 0 Å². The van der Waals surface area contributed by atoms with Crippen LogP contribution in [0.4, 0.5) is 10.1 Å². The third-order valence-electron chi connectivity index (χ3n) is 3.38. The second kappa shape index (κ2) is 4.75. The van der Waals surface area contributed by atoms with Crippen molar-refractivity contribution in [1.29, 1.82) is 0 Å². The van der Waals surface area contributed by atoms with Crippen LogP contribution in [0.1, 0.15) is 12.8 Å². The van der Waals surface area contributed by atoms with Crippen molar-refractivity contribution in [2.45, 2.75) is 31.2 Å². The van der Waals surface area contributed by atoms with Crippen molar-refractivity contribution in [3.8, 4) is 5.75 Å². The van der Waals surface area contributed by atoms with Crippen molar-refractivity contribution >= 4 is 5.69 Å². The van der Waals surface area contributed by atoms with Gasteiger partial charge in [-0.05, 0) is 6.07 Å². The lowest BCUT2D eigenvalue weighted by Gasteiger charge is -2.14. The van der Waals surface area contributed by atoms with Crippen molar-refractivity contribution < 1.29 is 23.5 Å². The summed E-state index contributed by atoms with van der Waals surface area (Å²) in [4.78, 5) is 10.3. The van der Waals surface area contributed by atoms with Crippen molar-refractivity contribution in [1.82, 2.24) is 0 Å². The first-order valence-corrected chi connectivity index (χ1v) is 5.97. The molecule has 1 saturated carbocycles. The molecule has 0 amide bonds. The molecule has 0 aromatic heterocycles. The summed E-state index contributed by atoms with van der Waals surface area (Å²) in [6.45, 7) is 0.280. The molecule has 2 unspecified atom stereocenters. The van der Waals surface area contributed by atoms with E-state index in [0.29, 0.717) is 12.8 Å². The largest absolute Gasteiger partial charge is 0.483 e. The Labute approximate surface area is 108 Å². The molecule has 102 valence electrons. The number of fused-ring (bicyclic) bond motifs is 1. The standard InChI is InChI=1S/C12H12FNO5/c13-7-1-2-9(14(15)16)10(3-7)19-8-4-11-12(5-8)18-6-17-11/h1-3,8,11-12H,4-6H2. The third kappa shape index (κ3) is 2.39. The lowest BCUT2D eigenvalue weighted by molar-refractivity contribution is -0.386. The van der Waals surface area contributed by atoms with E-state index >= 15 is 0 Å². The number of rotatable bonds is 3. The predicted molar refractivity (Wildman–Crippen MR) is 61.3 cm³/mol. The quantitative estimate of drug-likeness (QED) is 0.620. The number of ether oxygens (including phenoxy) is 3. The first-order chi connectivity index (χ1) is 9.13. The van der Waals surface area contributed by atoms with Gasteiger partial charge in [-0.25, -0.2) is 4.39 Å². The molecule has 6 nitrogen and oxygen atoms in total. The maximum absolute atomic E-state index is 13.2. The number of hydrogen-bond donors (Lipinski definition) is 0. The highest BCUT2D eigenvalue weighted by Crippen LogP contribution is 2.35. The minimum atomic E-state index is -0.586. The Balaban J connectivity index is 1.76. The van der Waals surface area contributed by atoms with Gasteiger partial charge in [-0.3, -0.25) is 10.1 Å². The fourth-order valence-electron chi connectivity index (χ4n) is 2.49. The number of benzene rings is 1. The Morgan fingerprint density at radius 2 is 2.00 bits per heavy atom. The Morgan fingerprint density at radius 3 is 2.63 bits per heavy atom. The first kappa shape index (κ1) is 12.3. The predicted octanol–water partition coefficient (Wildman–Crippen LogP) is 2.02. The average molecular weight is 269 g/mol. The molecule has 1 aliphatic heterocycles. The zero-order chi connectivity index (χ0) is 13.4. The monoisotopic (exact) mass is 269 g/mol. The van der Waals surface area contributed by atoms with Crippen LogP contribution in [0.25, 0.3) is 0 Å². The van der Waals surface area contributed by atoms with Gasteiger partial charge in [0.15, 0.2) is 5.75 Å². The van der Waals surface area contributed by atoms with Crippen LogP contribution in [0.2, 0.25) is 0 Å². The Bertz CT molecular complexity index is 497. The van der Waals surface area contributed by atoms with E-state index < -0.39 is 10.7 Å². The summed E-state index contributed by atoms with van der Waals surface area (Å²) in [5.41, 5.74) is -0.236. The topological polar surface area (TPSA) is 70.8 Å². The van der Waals surface area contributed by atoms with Gasteiger partial charge in [0.25, 0.3) is 0 Å². The van der Waals surface area contributed by atoms with Gasteiger partial charge in [0, 0.05) is 25.0 Å². The molecule has 1 heterocycles. The minimum absolute atomic E-state index is 0.0300. The molecular formula is C12H12FNO5. The number of nitro benzene ring substituents is 1. The summed E-state index contributed by atoms with van der Waals surface area (Å²) in [6, 6.07) is 3.18. The Kier molecular flexibility index (Phi) is 3.08. The molecule has 1 aromatic carbocycles. The molecular weight excluding hydrogens is 257 g/mol. The Hall–Kier alpha value is -1.73. The van der Waals surface area contributed by atoms with Crippen molar-refractivity contribution in [3.63, 3.8) is 0 Å².